The molecule has 1 unspecified atom stereocenters. The Morgan fingerprint density at radius 3 is 2.43 bits per heavy atom. The number of phenolic OH excluding ortho intramolecular Hbond substituents is 1. The first-order chi connectivity index (χ1) is 9.90. The number of hydrogen-bond donors (Lipinski definition) is 2. The van der Waals surface area contributed by atoms with Crippen LogP contribution >= 0.6 is 0 Å². The molecule has 1 atom stereocenters. The van der Waals surface area contributed by atoms with Crippen molar-refractivity contribution in [2.24, 2.45) is 0 Å². The van der Waals surface area contributed by atoms with Gasteiger partial charge in [0.05, 0.1) is 0 Å². The monoisotopic (exact) mass is 287 g/mol. The molecule has 2 nitrogen and oxygen atoms in total. The van der Waals surface area contributed by atoms with Gasteiger partial charge in [-0.2, -0.15) is 0 Å². The molecule has 0 heterocycles. The van der Waals surface area contributed by atoms with Crippen LogP contribution in [0.15, 0.2) is 48.5 Å². The van der Waals surface area contributed by atoms with Gasteiger partial charge in [0.1, 0.15) is 11.6 Å². The van der Waals surface area contributed by atoms with Crippen LogP contribution in [0.2, 0.25) is 0 Å². The van der Waals surface area contributed by atoms with Crippen LogP contribution in [0, 0.1) is 5.82 Å². The second-order valence-electron chi connectivity index (χ2n) is 6.06. The number of nitrogens with one attached hydrogen (secondary N) is 1. The first-order valence-corrected chi connectivity index (χ1v) is 7.17. The summed E-state index contributed by atoms with van der Waals surface area (Å²) < 4.78 is 13.8. The summed E-state index contributed by atoms with van der Waals surface area (Å²) in [5.41, 5.74) is 1.77. The molecule has 3 heteroatoms. The van der Waals surface area contributed by atoms with Gasteiger partial charge in [-0.3, -0.25) is 0 Å². The number of rotatable bonds is 5. The highest BCUT2D eigenvalue weighted by atomic mass is 19.1. The molecule has 2 aromatic carbocycles. The third kappa shape index (κ3) is 3.82. The molecule has 0 aromatic heterocycles. The minimum atomic E-state index is -0.382. The molecule has 0 saturated heterocycles. The Hall–Kier alpha value is -1.87. The Bertz CT molecular complexity index is 595. The lowest BCUT2D eigenvalue weighted by Gasteiger charge is -2.28. The van der Waals surface area contributed by atoms with Crippen molar-refractivity contribution < 1.29 is 9.50 Å². The highest BCUT2D eigenvalue weighted by Gasteiger charge is 2.21. The van der Waals surface area contributed by atoms with Crippen LogP contribution in [-0.2, 0) is 5.41 Å². The Morgan fingerprint density at radius 1 is 1.14 bits per heavy atom. The molecular weight excluding hydrogens is 265 g/mol. The fourth-order valence-corrected chi connectivity index (χ4v) is 2.38. The standard InChI is InChI=1S/C18H22FNO/c1-13(16-10-9-15(21)11-17(16)19)20-12-18(2,3)14-7-5-4-6-8-14/h4-11,13,20-21H,12H2,1-3H3. The predicted molar refractivity (Wildman–Crippen MR) is 84.0 cm³/mol. The van der Waals surface area contributed by atoms with E-state index in [2.05, 4.69) is 31.3 Å². The summed E-state index contributed by atoms with van der Waals surface area (Å²) in [6.45, 7) is 6.99. The van der Waals surface area contributed by atoms with E-state index < -0.39 is 0 Å². The maximum Gasteiger partial charge on any atom is 0.131 e. The molecule has 0 aliphatic heterocycles. The molecule has 2 aromatic rings. The molecular formula is C18H22FNO. The smallest absolute Gasteiger partial charge is 0.131 e. The summed E-state index contributed by atoms with van der Waals surface area (Å²) in [7, 11) is 0. The molecule has 0 amide bonds. The van der Waals surface area contributed by atoms with Gasteiger partial charge in [0.2, 0.25) is 0 Å². The van der Waals surface area contributed by atoms with Crippen molar-refractivity contribution in [2.45, 2.75) is 32.2 Å². The number of phenols is 1. The summed E-state index contributed by atoms with van der Waals surface area (Å²) in [5.74, 6) is -0.430. The van der Waals surface area contributed by atoms with Crippen molar-refractivity contribution in [1.29, 1.82) is 0 Å². The molecule has 0 aliphatic rings. The SMILES string of the molecule is CC(NCC(C)(C)c1ccccc1)c1ccc(O)cc1F. The maximum absolute atomic E-state index is 13.8. The number of halogens is 1. The van der Waals surface area contributed by atoms with E-state index in [1.165, 1.54) is 11.6 Å². The largest absolute Gasteiger partial charge is 0.508 e. The Labute approximate surface area is 125 Å². The summed E-state index contributed by atoms with van der Waals surface area (Å²) in [5, 5.41) is 12.6. The van der Waals surface area contributed by atoms with Crippen molar-refractivity contribution in [3.8, 4) is 5.75 Å². The molecule has 0 radical (unpaired) electrons. The van der Waals surface area contributed by atoms with Crippen molar-refractivity contribution in [1.82, 2.24) is 5.32 Å². The average molecular weight is 287 g/mol. The molecule has 0 fully saturated rings. The van der Waals surface area contributed by atoms with E-state index in [4.69, 9.17) is 0 Å². The topological polar surface area (TPSA) is 32.3 Å². The molecule has 0 aliphatic carbocycles. The van der Waals surface area contributed by atoms with Crippen LogP contribution in [-0.4, -0.2) is 11.7 Å². The Kier molecular flexibility index (Phi) is 4.63. The molecule has 2 N–H and O–H groups in total. The summed E-state index contributed by atoms with van der Waals surface area (Å²) >= 11 is 0. The number of hydrogen-bond acceptors (Lipinski definition) is 2. The maximum atomic E-state index is 13.8. The fourth-order valence-electron chi connectivity index (χ4n) is 2.38. The van der Waals surface area contributed by atoms with Crippen molar-refractivity contribution in [3.05, 3.63) is 65.5 Å². The van der Waals surface area contributed by atoms with E-state index in [0.717, 1.165) is 12.6 Å². The minimum absolute atomic E-state index is 0.0388. The summed E-state index contributed by atoms with van der Waals surface area (Å²) in [4.78, 5) is 0. The Balaban J connectivity index is 2.05. The van der Waals surface area contributed by atoms with Gasteiger partial charge in [-0.1, -0.05) is 50.2 Å². The zero-order valence-corrected chi connectivity index (χ0v) is 12.7. The molecule has 0 spiro atoms. The van der Waals surface area contributed by atoms with E-state index in [0.29, 0.717) is 5.56 Å². The lowest BCUT2D eigenvalue weighted by atomic mass is 9.84. The van der Waals surface area contributed by atoms with E-state index in [1.54, 1.807) is 6.07 Å². The second-order valence-corrected chi connectivity index (χ2v) is 6.06. The molecule has 21 heavy (non-hydrogen) atoms. The second kappa shape index (κ2) is 6.27. The van der Waals surface area contributed by atoms with Gasteiger partial charge in [0.25, 0.3) is 0 Å². The van der Waals surface area contributed by atoms with Crippen molar-refractivity contribution in [2.75, 3.05) is 6.54 Å². The van der Waals surface area contributed by atoms with E-state index in [9.17, 15) is 9.50 Å². The third-order valence-corrected chi connectivity index (χ3v) is 3.86. The van der Waals surface area contributed by atoms with E-state index in [-0.39, 0.29) is 23.0 Å². The van der Waals surface area contributed by atoms with Crippen molar-refractivity contribution >= 4 is 0 Å². The first kappa shape index (κ1) is 15.5. The zero-order chi connectivity index (χ0) is 15.5. The average Bonchev–Trinajstić information content (AvgIpc) is 2.46. The summed E-state index contributed by atoms with van der Waals surface area (Å²) in [6, 6.07) is 14.4. The predicted octanol–water partition coefficient (Wildman–Crippen LogP) is 4.16. The van der Waals surface area contributed by atoms with Gasteiger partial charge in [0.15, 0.2) is 0 Å². The Morgan fingerprint density at radius 2 is 1.81 bits per heavy atom. The van der Waals surface area contributed by atoms with Gasteiger partial charge < -0.3 is 10.4 Å². The lowest BCUT2D eigenvalue weighted by molar-refractivity contribution is 0.425. The minimum Gasteiger partial charge on any atom is -0.508 e. The molecule has 112 valence electrons. The molecule has 2 rings (SSSR count). The van der Waals surface area contributed by atoms with Gasteiger partial charge in [-0.15, -0.1) is 0 Å². The zero-order valence-electron chi connectivity index (χ0n) is 12.7. The number of aromatic hydroxyl groups is 1. The lowest BCUT2D eigenvalue weighted by Crippen LogP contribution is -2.34. The molecule has 0 bridgehead atoms. The van der Waals surface area contributed by atoms with Gasteiger partial charge >= 0.3 is 0 Å². The van der Waals surface area contributed by atoms with Crippen LogP contribution in [0.1, 0.15) is 37.9 Å². The normalized spacial score (nSPS) is 13.1. The summed E-state index contributed by atoms with van der Waals surface area (Å²) in [6.07, 6.45) is 0. The van der Waals surface area contributed by atoms with Crippen LogP contribution in [0.25, 0.3) is 0 Å². The van der Waals surface area contributed by atoms with E-state index in [1.807, 2.05) is 25.1 Å². The fraction of sp³-hybridized carbons (Fsp3) is 0.333. The number of benzene rings is 2. The highest BCUT2D eigenvalue weighted by molar-refractivity contribution is 5.30. The van der Waals surface area contributed by atoms with Crippen LogP contribution < -0.4 is 5.32 Å². The van der Waals surface area contributed by atoms with E-state index >= 15 is 0 Å². The van der Waals surface area contributed by atoms with Gasteiger partial charge in [0, 0.05) is 29.6 Å². The van der Waals surface area contributed by atoms with Crippen molar-refractivity contribution in [3.63, 3.8) is 0 Å². The first-order valence-electron chi connectivity index (χ1n) is 7.17. The highest BCUT2D eigenvalue weighted by Crippen LogP contribution is 2.25. The van der Waals surface area contributed by atoms with Crippen LogP contribution in [0.3, 0.4) is 0 Å². The van der Waals surface area contributed by atoms with Crippen LogP contribution in [0.5, 0.6) is 5.75 Å². The quantitative estimate of drug-likeness (QED) is 0.865. The van der Waals surface area contributed by atoms with Gasteiger partial charge in [-0.05, 0) is 18.6 Å². The molecule has 0 saturated carbocycles. The van der Waals surface area contributed by atoms with Gasteiger partial charge in [-0.25, -0.2) is 4.39 Å². The van der Waals surface area contributed by atoms with Crippen LogP contribution in [0.4, 0.5) is 4.39 Å². The third-order valence-electron chi connectivity index (χ3n) is 3.86.